The summed E-state index contributed by atoms with van der Waals surface area (Å²) in [5, 5.41) is 3.19. The second-order valence-electron chi connectivity index (χ2n) is 3.94. The van der Waals surface area contributed by atoms with Crippen LogP contribution in [0.3, 0.4) is 0 Å². The minimum Gasteiger partial charge on any atom is -0.496 e. The maximum absolute atomic E-state index is 6.18. The van der Waals surface area contributed by atoms with Crippen LogP contribution in [-0.2, 0) is 5.54 Å². The quantitative estimate of drug-likeness (QED) is 0.727. The third kappa shape index (κ3) is 1.38. The highest BCUT2D eigenvalue weighted by Crippen LogP contribution is 2.27. The summed E-state index contributed by atoms with van der Waals surface area (Å²) in [6, 6.07) is 6.18. The summed E-state index contributed by atoms with van der Waals surface area (Å²) in [5.74, 6) is 0.916. The minimum absolute atomic E-state index is 0.193. The van der Waals surface area contributed by atoms with E-state index in [1.54, 1.807) is 7.11 Å². The summed E-state index contributed by atoms with van der Waals surface area (Å²) in [4.78, 5) is 0. The van der Waals surface area contributed by atoms with Crippen LogP contribution in [0, 0.1) is 6.92 Å². The van der Waals surface area contributed by atoms with Crippen molar-refractivity contribution in [2.45, 2.75) is 12.5 Å². The molecule has 0 radical (unpaired) electrons. The molecule has 76 valence electrons. The molecule has 1 aliphatic heterocycles. The van der Waals surface area contributed by atoms with Gasteiger partial charge in [0.15, 0.2) is 0 Å². The third-order valence-electron chi connectivity index (χ3n) is 2.86. The zero-order valence-corrected chi connectivity index (χ0v) is 8.63. The largest absolute Gasteiger partial charge is 0.496 e. The van der Waals surface area contributed by atoms with E-state index in [1.165, 1.54) is 0 Å². The molecule has 3 heteroatoms. The lowest BCUT2D eigenvalue weighted by Crippen LogP contribution is -2.62. The van der Waals surface area contributed by atoms with Gasteiger partial charge in [0.25, 0.3) is 0 Å². The van der Waals surface area contributed by atoms with E-state index >= 15 is 0 Å². The van der Waals surface area contributed by atoms with E-state index in [0.717, 1.165) is 30.0 Å². The van der Waals surface area contributed by atoms with Crippen molar-refractivity contribution in [2.75, 3.05) is 20.2 Å². The first kappa shape index (κ1) is 9.49. The Kier molecular flexibility index (Phi) is 2.21. The van der Waals surface area contributed by atoms with Gasteiger partial charge in [-0.3, -0.25) is 0 Å². The van der Waals surface area contributed by atoms with Crippen LogP contribution in [0.25, 0.3) is 0 Å². The van der Waals surface area contributed by atoms with Crippen LogP contribution in [-0.4, -0.2) is 20.2 Å². The zero-order chi connectivity index (χ0) is 10.2. The van der Waals surface area contributed by atoms with Crippen molar-refractivity contribution >= 4 is 0 Å². The van der Waals surface area contributed by atoms with E-state index in [4.69, 9.17) is 10.5 Å². The molecule has 1 saturated heterocycles. The molecule has 1 aromatic rings. The smallest absolute Gasteiger partial charge is 0.122 e. The molecule has 3 N–H and O–H groups in total. The second-order valence-corrected chi connectivity index (χ2v) is 3.94. The normalized spacial score (nSPS) is 18.8. The molecule has 0 amide bonds. The van der Waals surface area contributed by atoms with Gasteiger partial charge in [0, 0.05) is 13.1 Å². The van der Waals surface area contributed by atoms with Gasteiger partial charge in [0.2, 0.25) is 0 Å². The predicted octanol–water partition coefficient (Wildman–Crippen LogP) is 0.761. The standard InChI is InChI=1S/C11H16N2O/c1-8-3-4-9(5-10(8)14-2)11(12)6-13-7-11/h3-5,13H,6-7,12H2,1-2H3. The Labute approximate surface area is 84.3 Å². The fourth-order valence-corrected chi connectivity index (χ4v) is 1.73. The lowest BCUT2D eigenvalue weighted by Gasteiger charge is -2.39. The number of aryl methyl sites for hydroxylation is 1. The fraction of sp³-hybridized carbons (Fsp3) is 0.455. The van der Waals surface area contributed by atoms with E-state index in [0.29, 0.717) is 0 Å². The average molecular weight is 192 g/mol. The lowest BCUT2D eigenvalue weighted by molar-refractivity contribution is 0.285. The fourth-order valence-electron chi connectivity index (χ4n) is 1.73. The summed E-state index contributed by atoms with van der Waals surface area (Å²) < 4.78 is 5.27. The number of rotatable bonds is 2. The molecule has 0 bridgehead atoms. The van der Waals surface area contributed by atoms with Crippen molar-refractivity contribution in [3.63, 3.8) is 0 Å². The molecule has 0 aliphatic carbocycles. The molecular weight excluding hydrogens is 176 g/mol. The highest BCUT2D eigenvalue weighted by Gasteiger charge is 2.34. The molecule has 0 unspecified atom stereocenters. The van der Waals surface area contributed by atoms with Crippen LogP contribution in [0.1, 0.15) is 11.1 Å². The summed E-state index contributed by atoms with van der Waals surface area (Å²) in [7, 11) is 1.69. The van der Waals surface area contributed by atoms with Crippen LogP contribution in [0.5, 0.6) is 5.75 Å². The summed E-state index contributed by atoms with van der Waals surface area (Å²) >= 11 is 0. The van der Waals surface area contributed by atoms with Gasteiger partial charge in [-0.1, -0.05) is 12.1 Å². The number of ether oxygens (including phenoxy) is 1. The second kappa shape index (κ2) is 3.26. The average Bonchev–Trinajstić information content (AvgIpc) is 2.15. The SMILES string of the molecule is COc1cc(C2(N)CNC2)ccc1C. The van der Waals surface area contributed by atoms with Crippen LogP contribution >= 0.6 is 0 Å². The van der Waals surface area contributed by atoms with Crippen LogP contribution in [0.15, 0.2) is 18.2 Å². The molecule has 14 heavy (non-hydrogen) atoms. The van der Waals surface area contributed by atoms with E-state index in [1.807, 2.05) is 13.0 Å². The number of nitrogens with one attached hydrogen (secondary N) is 1. The molecule has 2 rings (SSSR count). The zero-order valence-electron chi connectivity index (χ0n) is 8.63. The monoisotopic (exact) mass is 192 g/mol. The first-order chi connectivity index (χ1) is 6.65. The topological polar surface area (TPSA) is 47.3 Å². The van der Waals surface area contributed by atoms with Gasteiger partial charge in [-0.2, -0.15) is 0 Å². The van der Waals surface area contributed by atoms with E-state index in [-0.39, 0.29) is 5.54 Å². The van der Waals surface area contributed by atoms with Crippen LogP contribution in [0.2, 0.25) is 0 Å². The van der Waals surface area contributed by atoms with E-state index in [2.05, 4.69) is 17.4 Å². The maximum atomic E-state index is 6.18. The number of nitrogens with two attached hydrogens (primary N) is 1. The molecule has 1 heterocycles. The van der Waals surface area contributed by atoms with Gasteiger partial charge >= 0.3 is 0 Å². The van der Waals surface area contributed by atoms with Crippen LogP contribution < -0.4 is 15.8 Å². The summed E-state index contributed by atoms with van der Waals surface area (Å²) in [6.45, 7) is 3.73. The van der Waals surface area contributed by atoms with Crippen molar-refractivity contribution in [1.29, 1.82) is 0 Å². The third-order valence-corrected chi connectivity index (χ3v) is 2.86. The van der Waals surface area contributed by atoms with Crippen LogP contribution in [0.4, 0.5) is 0 Å². The van der Waals surface area contributed by atoms with E-state index < -0.39 is 0 Å². The molecule has 0 atom stereocenters. The Morgan fingerprint density at radius 1 is 1.43 bits per heavy atom. The van der Waals surface area contributed by atoms with Gasteiger partial charge in [0.05, 0.1) is 12.6 Å². The van der Waals surface area contributed by atoms with Crippen molar-refractivity contribution in [1.82, 2.24) is 5.32 Å². The Balaban J connectivity index is 2.35. The molecule has 0 spiro atoms. The van der Waals surface area contributed by atoms with Gasteiger partial charge in [-0.25, -0.2) is 0 Å². The summed E-state index contributed by atoms with van der Waals surface area (Å²) in [5.41, 5.74) is 8.28. The van der Waals surface area contributed by atoms with Gasteiger partial charge in [-0.05, 0) is 24.1 Å². The molecule has 1 aromatic carbocycles. The van der Waals surface area contributed by atoms with Crippen molar-refractivity contribution in [3.8, 4) is 5.75 Å². The Bertz CT molecular complexity index is 345. The Morgan fingerprint density at radius 3 is 2.64 bits per heavy atom. The first-order valence-electron chi connectivity index (χ1n) is 4.80. The number of hydrogen-bond acceptors (Lipinski definition) is 3. The minimum atomic E-state index is -0.193. The molecule has 0 aromatic heterocycles. The van der Waals surface area contributed by atoms with Gasteiger partial charge in [-0.15, -0.1) is 0 Å². The van der Waals surface area contributed by atoms with Crippen molar-refractivity contribution in [3.05, 3.63) is 29.3 Å². The lowest BCUT2D eigenvalue weighted by atomic mass is 9.85. The Morgan fingerprint density at radius 2 is 2.14 bits per heavy atom. The number of benzene rings is 1. The number of methoxy groups -OCH3 is 1. The van der Waals surface area contributed by atoms with E-state index in [9.17, 15) is 0 Å². The molecule has 1 fully saturated rings. The van der Waals surface area contributed by atoms with Crippen molar-refractivity contribution in [2.24, 2.45) is 5.73 Å². The van der Waals surface area contributed by atoms with Crippen molar-refractivity contribution < 1.29 is 4.74 Å². The molecule has 3 nitrogen and oxygen atoms in total. The highest BCUT2D eigenvalue weighted by molar-refractivity contribution is 5.40. The molecule has 1 aliphatic rings. The maximum Gasteiger partial charge on any atom is 0.122 e. The summed E-state index contributed by atoms with van der Waals surface area (Å²) in [6.07, 6.45) is 0. The van der Waals surface area contributed by atoms with Gasteiger partial charge < -0.3 is 15.8 Å². The molecule has 0 saturated carbocycles. The molecular formula is C11H16N2O. The Hall–Kier alpha value is -1.06. The predicted molar refractivity (Wildman–Crippen MR) is 56.5 cm³/mol. The number of hydrogen-bond donors (Lipinski definition) is 2. The highest BCUT2D eigenvalue weighted by atomic mass is 16.5. The van der Waals surface area contributed by atoms with Gasteiger partial charge in [0.1, 0.15) is 5.75 Å². The first-order valence-corrected chi connectivity index (χ1v) is 4.80.